The predicted octanol–water partition coefficient (Wildman–Crippen LogP) is 3.69. The Morgan fingerprint density at radius 3 is 2.33 bits per heavy atom. The van der Waals surface area contributed by atoms with Crippen molar-refractivity contribution in [2.45, 2.75) is 43.9 Å². The quantitative estimate of drug-likeness (QED) is 0.205. The maximum absolute atomic E-state index is 13.7. The molecule has 5 N–H and O–H groups in total. The molecule has 40 heavy (non-hydrogen) atoms. The number of carbonyl (C=O) groups excluding carboxylic acids is 1. The highest BCUT2D eigenvalue weighted by atomic mass is 32.2. The fourth-order valence-corrected chi connectivity index (χ4v) is 6.04. The van der Waals surface area contributed by atoms with Gasteiger partial charge in [-0.2, -0.15) is 4.31 Å². The van der Waals surface area contributed by atoms with Crippen LogP contribution < -0.4 is 11.1 Å². The van der Waals surface area contributed by atoms with Gasteiger partial charge in [0.2, 0.25) is 10.0 Å². The Hall–Kier alpha value is -3.93. The molecule has 0 aliphatic carbocycles. The third-order valence-corrected chi connectivity index (χ3v) is 8.18. The third kappa shape index (κ3) is 7.59. The number of nitrogens with zero attached hydrogens (tertiary/aromatic N) is 2. The summed E-state index contributed by atoms with van der Waals surface area (Å²) in [6.07, 6.45) is -1.66. The number of amides is 1. The number of H-pyrrole nitrogens is 1. The van der Waals surface area contributed by atoms with Crippen LogP contribution in [0.2, 0.25) is 0 Å². The number of aromatic amines is 1. The number of sulfonamides is 1. The summed E-state index contributed by atoms with van der Waals surface area (Å²) < 4.78 is 34.1. The molecule has 0 saturated carbocycles. The van der Waals surface area contributed by atoms with E-state index in [1.54, 1.807) is 6.07 Å². The summed E-state index contributed by atoms with van der Waals surface area (Å²) in [5.41, 5.74) is 8.46. The average molecular weight is 566 g/mol. The molecule has 0 fully saturated rings. The number of alkyl carbamates (subject to hydrolysis) is 1. The third-order valence-electron chi connectivity index (χ3n) is 6.35. The summed E-state index contributed by atoms with van der Waals surface area (Å²) in [5.74, 6) is 0.163. The maximum Gasteiger partial charge on any atom is 0.407 e. The van der Waals surface area contributed by atoms with Crippen molar-refractivity contribution in [2.24, 2.45) is 5.92 Å². The lowest BCUT2D eigenvalue weighted by Gasteiger charge is -2.30. The molecule has 10 nitrogen and oxygen atoms in total. The van der Waals surface area contributed by atoms with Crippen LogP contribution in [0, 0.1) is 5.92 Å². The number of fused-ring (bicyclic) bond motifs is 1. The molecule has 11 heteroatoms. The number of hydrogen-bond acceptors (Lipinski definition) is 7. The second-order valence-electron chi connectivity index (χ2n) is 10.1. The number of benzene rings is 3. The number of carbonyl (C=O) groups is 1. The molecule has 1 aromatic heterocycles. The SMILES string of the molecule is CC(C)CN(C[C@@H](O)[C@H](Cc1ccccc1)NC(=O)OCc1ccccc1)S(=O)(=O)c1ccc2[nH]c(N)nc2c1. The molecule has 0 unspecified atom stereocenters. The number of hydrogen-bond donors (Lipinski definition) is 4. The highest BCUT2D eigenvalue weighted by Gasteiger charge is 2.32. The van der Waals surface area contributed by atoms with E-state index in [-0.39, 0.29) is 42.9 Å². The van der Waals surface area contributed by atoms with Crippen LogP contribution in [0.5, 0.6) is 0 Å². The lowest BCUT2D eigenvalue weighted by Crippen LogP contribution is -2.51. The van der Waals surface area contributed by atoms with E-state index >= 15 is 0 Å². The summed E-state index contributed by atoms with van der Waals surface area (Å²) in [7, 11) is -4.02. The highest BCUT2D eigenvalue weighted by Crippen LogP contribution is 2.23. The summed E-state index contributed by atoms with van der Waals surface area (Å²) in [5, 5.41) is 14.1. The first-order valence-electron chi connectivity index (χ1n) is 13.1. The Morgan fingerprint density at radius 2 is 1.68 bits per heavy atom. The maximum atomic E-state index is 13.7. The van der Waals surface area contributed by atoms with E-state index in [4.69, 9.17) is 10.5 Å². The van der Waals surface area contributed by atoms with E-state index in [0.29, 0.717) is 11.0 Å². The zero-order valence-corrected chi connectivity index (χ0v) is 23.3. The normalized spacial score (nSPS) is 13.4. The number of nitrogens with one attached hydrogen (secondary N) is 2. The molecule has 0 radical (unpaired) electrons. The van der Waals surface area contributed by atoms with E-state index < -0.39 is 28.3 Å². The van der Waals surface area contributed by atoms with E-state index in [2.05, 4.69) is 15.3 Å². The monoisotopic (exact) mass is 565 g/mol. The van der Waals surface area contributed by atoms with Gasteiger partial charge in [0.15, 0.2) is 5.95 Å². The fourth-order valence-electron chi connectivity index (χ4n) is 4.40. The molecular weight excluding hydrogens is 530 g/mol. The number of anilines is 1. The molecule has 4 aromatic rings. The standard InChI is InChI=1S/C29H35N5O5S/c1-20(2)17-34(40(37,38)23-13-14-24-25(16-23)32-28(30)31-24)18-27(35)26(15-21-9-5-3-6-10-21)33-29(36)39-19-22-11-7-4-8-12-22/h3-14,16,20,26-27,35H,15,17-19H2,1-2H3,(H,33,36)(H3,30,31,32)/t26-,27+/m0/s1. The summed E-state index contributed by atoms with van der Waals surface area (Å²) >= 11 is 0. The van der Waals surface area contributed by atoms with Gasteiger partial charge in [-0.1, -0.05) is 74.5 Å². The fraction of sp³-hybridized carbons (Fsp3) is 0.310. The van der Waals surface area contributed by atoms with Gasteiger partial charge >= 0.3 is 6.09 Å². The molecule has 0 aliphatic heterocycles. The van der Waals surface area contributed by atoms with Gasteiger partial charge in [0, 0.05) is 13.1 Å². The van der Waals surface area contributed by atoms with Crippen LogP contribution in [-0.2, 0) is 27.8 Å². The molecule has 4 rings (SSSR count). The number of aliphatic hydroxyl groups is 1. The van der Waals surface area contributed by atoms with Crippen LogP contribution in [-0.4, -0.2) is 59.1 Å². The average Bonchev–Trinajstić information content (AvgIpc) is 3.31. The minimum atomic E-state index is -4.02. The van der Waals surface area contributed by atoms with Gasteiger partial charge in [0.1, 0.15) is 6.61 Å². The summed E-state index contributed by atoms with van der Waals surface area (Å²) in [4.78, 5) is 19.8. The number of aromatic nitrogens is 2. The molecule has 3 aromatic carbocycles. The van der Waals surface area contributed by atoms with Gasteiger partial charge < -0.3 is 25.9 Å². The van der Waals surface area contributed by atoms with Gasteiger partial charge in [-0.05, 0) is 41.7 Å². The molecular formula is C29H35N5O5S. The molecule has 0 aliphatic rings. The number of rotatable bonds is 12. The Morgan fingerprint density at radius 1 is 1.02 bits per heavy atom. The molecule has 0 saturated heterocycles. The first-order chi connectivity index (χ1) is 19.1. The number of ether oxygens (including phenoxy) is 1. The van der Waals surface area contributed by atoms with E-state index in [0.717, 1.165) is 11.1 Å². The Kier molecular flexibility index (Phi) is 9.41. The zero-order valence-electron chi connectivity index (χ0n) is 22.5. The second-order valence-corrected chi connectivity index (χ2v) is 12.0. The van der Waals surface area contributed by atoms with Crippen molar-refractivity contribution in [3.63, 3.8) is 0 Å². The Balaban J connectivity index is 1.55. The van der Waals surface area contributed by atoms with Crippen LogP contribution >= 0.6 is 0 Å². The largest absolute Gasteiger partial charge is 0.445 e. The van der Waals surface area contributed by atoms with Crippen molar-refractivity contribution in [3.8, 4) is 0 Å². The number of aliphatic hydroxyl groups excluding tert-OH is 1. The van der Waals surface area contributed by atoms with Crippen LogP contribution in [0.3, 0.4) is 0 Å². The second kappa shape index (κ2) is 12.9. The van der Waals surface area contributed by atoms with Crippen molar-refractivity contribution < 1.29 is 23.1 Å². The summed E-state index contributed by atoms with van der Waals surface area (Å²) in [6.45, 7) is 3.78. The van der Waals surface area contributed by atoms with Crippen LogP contribution in [0.4, 0.5) is 10.7 Å². The first-order valence-corrected chi connectivity index (χ1v) is 14.5. The van der Waals surface area contributed by atoms with Crippen molar-refractivity contribution in [1.29, 1.82) is 0 Å². The van der Waals surface area contributed by atoms with E-state index in [1.165, 1.54) is 16.4 Å². The number of nitrogen functional groups attached to an aromatic ring is 1. The Bertz CT molecular complexity index is 1510. The predicted molar refractivity (Wildman–Crippen MR) is 154 cm³/mol. The molecule has 212 valence electrons. The van der Waals surface area contributed by atoms with Gasteiger partial charge in [-0.25, -0.2) is 18.2 Å². The first kappa shape index (κ1) is 29.1. The lowest BCUT2D eigenvalue weighted by molar-refractivity contribution is 0.0873. The number of nitrogens with two attached hydrogens (primary N) is 1. The van der Waals surface area contributed by atoms with Crippen molar-refractivity contribution in [2.75, 3.05) is 18.8 Å². The van der Waals surface area contributed by atoms with E-state index in [1.807, 2.05) is 74.5 Å². The molecule has 0 bridgehead atoms. The minimum Gasteiger partial charge on any atom is -0.445 e. The van der Waals surface area contributed by atoms with Crippen molar-refractivity contribution >= 4 is 33.1 Å². The number of imidazole rings is 1. The Labute approximate surface area is 234 Å². The zero-order chi connectivity index (χ0) is 28.7. The van der Waals surface area contributed by atoms with Crippen molar-refractivity contribution in [3.05, 3.63) is 90.0 Å². The molecule has 1 amide bonds. The minimum absolute atomic E-state index is 0.0249. The van der Waals surface area contributed by atoms with Gasteiger partial charge in [0.25, 0.3) is 0 Å². The summed E-state index contributed by atoms with van der Waals surface area (Å²) in [6, 6.07) is 22.3. The van der Waals surface area contributed by atoms with Crippen LogP contribution in [0.15, 0.2) is 83.8 Å². The van der Waals surface area contributed by atoms with Crippen molar-refractivity contribution in [1.82, 2.24) is 19.6 Å². The molecule has 2 atom stereocenters. The van der Waals surface area contributed by atoms with Crippen LogP contribution in [0.1, 0.15) is 25.0 Å². The smallest absolute Gasteiger partial charge is 0.407 e. The van der Waals surface area contributed by atoms with Gasteiger partial charge in [-0.15, -0.1) is 0 Å². The van der Waals surface area contributed by atoms with Crippen LogP contribution in [0.25, 0.3) is 11.0 Å². The lowest BCUT2D eigenvalue weighted by atomic mass is 10.0. The van der Waals surface area contributed by atoms with Gasteiger partial charge in [0.05, 0.1) is 28.1 Å². The van der Waals surface area contributed by atoms with Gasteiger partial charge in [-0.3, -0.25) is 0 Å². The highest BCUT2D eigenvalue weighted by molar-refractivity contribution is 7.89. The topological polar surface area (TPSA) is 151 Å². The molecule has 1 heterocycles. The molecule has 0 spiro atoms. The van der Waals surface area contributed by atoms with E-state index in [9.17, 15) is 18.3 Å².